The summed E-state index contributed by atoms with van der Waals surface area (Å²) in [6, 6.07) is 21.7. The molecule has 9 heteroatoms. The standard InChI is InChI=1S/C29H35N3O4S2/c1-3-36-28-10-6-5-9-27(28)32(38(34,35)26-17-15-25(37-2)16-18-26)22-29(33)30-21-23-11-13-24(14-12-23)31-19-7-4-8-20-31/h5-6,9-18H,3-4,7-8,19-22H2,1-2H3,(H,30,33). The lowest BCUT2D eigenvalue weighted by Gasteiger charge is -2.29. The molecule has 0 atom stereocenters. The number of nitrogens with zero attached hydrogens (tertiary/aromatic N) is 2. The lowest BCUT2D eigenvalue weighted by molar-refractivity contribution is -0.119. The van der Waals surface area contributed by atoms with Crippen LogP contribution in [0.15, 0.2) is 82.6 Å². The molecular weight excluding hydrogens is 518 g/mol. The molecule has 7 nitrogen and oxygen atoms in total. The van der Waals surface area contributed by atoms with E-state index < -0.39 is 15.9 Å². The van der Waals surface area contributed by atoms with E-state index in [4.69, 9.17) is 4.74 Å². The number of carbonyl (C=O) groups excluding carboxylic acids is 1. The van der Waals surface area contributed by atoms with E-state index in [0.717, 1.165) is 27.9 Å². The average molecular weight is 554 g/mol. The molecule has 3 aromatic carbocycles. The summed E-state index contributed by atoms with van der Waals surface area (Å²) in [6.45, 7) is 4.28. The van der Waals surface area contributed by atoms with Gasteiger partial charge >= 0.3 is 0 Å². The molecule has 0 unspecified atom stereocenters. The van der Waals surface area contributed by atoms with Gasteiger partial charge in [-0.05, 0) is 86.5 Å². The van der Waals surface area contributed by atoms with Gasteiger partial charge in [0.2, 0.25) is 5.91 Å². The zero-order chi connectivity index (χ0) is 27.0. The van der Waals surface area contributed by atoms with Crippen LogP contribution in [-0.4, -0.2) is 46.8 Å². The molecule has 4 rings (SSSR count). The second kappa shape index (κ2) is 13.1. The fourth-order valence-electron chi connectivity index (χ4n) is 4.48. The highest BCUT2D eigenvalue weighted by molar-refractivity contribution is 7.98. The second-order valence-corrected chi connectivity index (χ2v) is 11.8. The smallest absolute Gasteiger partial charge is 0.264 e. The number of carbonyl (C=O) groups is 1. The van der Waals surface area contributed by atoms with Crippen LogP contribution in [0, 0.1) is 0 Å². The summed E-state index contributed by atoms with van der Waals surface area (Å²) < 4.78 is 34.4. The summed E-state index contributed by atoms with van der Waals surface area (Å²) in [7, 11) is -4.04. The number of nitrogens with one attached hydrogen (secondary N) is 1. The van der Waals surface area contributed by atoms with Crippen LogP contribution in [0.4, 0.5) is 11.4 Å². The van der Waals surface area contributed by atoms with Gasteiger partial charge in [-0.2, -0.15) is 0 Å². The molecule has 0 spiro atoms. The quantitative estimate of drug-likeness (QED) is 0.324. The zero-order valence-electron chi connectivity index (χ0n) is 21.9. The van der Waals surface area contributed by atoms with Crippen molar-refractivity contribution in [2.75, 3.05) is 41.7 Å². The Hall–Kier alpha value is -3.17. The van der Waals surface area contributed by atoms with Crippen molar-refractivity contribution < 1.29 is 17.9 Å². The first kappa shape index (κ1) is 27.9. The van der Waals surface area contributed by atoms with Crippen molar-refractivity contribution in [1.82, 2.24) is 5.32 Å². The van der Waals surface area contributed by atoms with Crippen LogP contribution in [0.1, 0.15) is 31.7 Å². The van der Waals surface area contributed by atoms with E-state index in [1.165, 1.54) is 36.7 Å². The van der Waals surface area contributed by atoms with E-state index in [9.17, 15) is 13.2 Å². The minimum atomic E-state index is -4.04. The molecule has 0 aliphatic carbocycles. The fraction of sp³-hybridized carbons (Fsp3) is 0.345. The van der Waals surface area contributed by atoms with Crippen LogP contribution >= 0.6 is 11.8 Å². The maximum absolute atomic E-state index is 13.8. The Labute approximate surface area is 230 Å². The van der Waals surface area contributed by atoms with Gasteiger partial charge in [-0.25, -0.2) is 8.42 Å². The van der Waals surface area contributed by atoms with Crippen molar-refractivity contribution in [3.63, 3.8) is 0 Å². The Morgan fingerprint density at radius 2 is 1.66 bits per heavy atom. The van der Waals surface area contributed by atoms with Gasteiger partial charge in [0.05, 0.1) is 17.2 Å². The Morgan fingerprint density at radius 1 is 0.974 bits per heavy atom. The Balaban J connectivity index is 1.52. The van der Waals surface area contributed by atoms with Crippen LogP contribution in [0.5, 0.6) is 5.75 Å². The van der Waals surface area contributed by atoms with Crippen LogP contribution in [-0.2, 0) is 21.4 Å². The van der Waals surface area contributed by atoms with Crippen molar-refractivity contribution in [1.29, 1.82) is 0 Å². The number of thioether (sulfide) groups is 1. The first-order chi connectivity index (χ1) is 18.4. The van der Waals surface area contributed by atoms with Crippen LogP contribution in [0.2, 0.25) is 0 Å². The molecule has 0 saturated carbocycles. The monoisotopic (exact) mass is 553 g/mol. The van der Waals surface area contributed by atoms with Gasteiger partial charge in [-0.15, -0.1) is 11.8 Å². The summed E-state index contributed by atoms with van der Waals surface area (Å²) in [5.41, 5.74) is 2.47. The first-order valence-corrected chi connectivity index (χ1v) is 15.6. The van der Waals surface area contributed by atoms with Gasteiger partial charge in [0.15, 0.2) is 0 Å². The van der Waals surface area contributed by atoms with Gasteiger partial charge in [-0.1, -0.05) is 24.3 Å². The maximum atomic E-state index is 13.8. The predicted molar refractivity (Wildman–Crippen MR) is 155 cm³/mol. The van der Waals surface area contributed by atoms with Crippen molar-refractivity contribution >= 4 is 39.1 Å². The number of hydrogen-bond donors (Lipinski definition) is 1. The molecular formula is C29H35N3O4S2. The molecule has 0 aromatic heterocycles. The number of ether oxygens (including phenoxy) is 1. The molecule has 0 radical (unpaired) electrons. The highest BCUT2D eigenvalue weighted by atomic mass is 32.2. The number of rotatable bonds is 11. The summed E-state index contributed by atoms with van der Waals surface area (Å²) >= 11 is 1.53. The lowest BCUT2D eigenvalue weighted by atomic mass is 10.1. The molecule has 0 bridgehead atoms. The summed E-state index contributed by atoms with van der Waals surface area (Å²) in [6.07, 6.45) is 5.64. The van der Waals surface area contributed by atoms with Crippen molar-refractivity contribution in [3.8, 4) is 5.75 Å². The van der Waals surface area contributed by atoms with Crippen molar-refractivity contribution in [2.45, 2.75) is 42.5 Å². The fourth-order valence-corrected chi connectivity index (χ4v) is 6.32. The highest BCUT2D eigenvalue weighted by Gasteiger charge is 2.29. The normalized spacial score (nSPS) is 13.7. The second-order valence-electron chi connectivity index (χ2n) is 9.08. The van der Waals surface area contributed by atoms with Crippen molar-refractivity contribution in [2.24, 2.45) is 0 Å². The number of hydrogen-bond acceptors (Lipinski definition) is 6. The van der Waals surface area contributed by atoms with E-state index in [2.05, 4.69) is 22.3 Å². The maximum Gasteiger partial charge on any atom is 0.264 e. The third-order valence-electron chi connectivity index (χ3n) is 6.52. The minimum Gasteiger partial charge on any atom is -0.492 e. The molecule has 3 aromatic rings. The van der Waals surface area contributed by atoms with Crippen LogP contribution < -0.4 is 19.3 Å². The van der Waals surface area contributed by atoms with Crippen LogP contribution in [0.3, 0.4) is 0 Å². The minimum absolute atomic E-state index is 0.114. The topological polar surface area (TPSA) is 79.0 Å². The van der Waals surface area contributed by atoms with Crippen LogP contribution in [0.25, 0.3) is 0 Å². The number of sulfonamides is 1. The first-order valence-electron chi connectivity index (χ1n) is 12.9. The molecule has 202 valence electrons. The Bertz CT molecular complexity index is 1310. The number of benzene rings is 3. The molecule has 1 saturated heterocycles. The van der Waals surface area contributed by atoms with Gasteiger partial charge in [0.1, 0.15) is 12.3 Å². The molecule has 1 heterocycles. The third-order valence-corrected chi connectivity index (χ3v) is 9.03. The highest BCUT2D eigenvalue weighted by Crippen LogP contribution is 2.33. The van der Waals surface area contributed by atoms with E-state index in [1.54, 1.807) is 48.5 Å². The van der Waals surface area contributed by atoms with Gasteiger partial charge in [0.25, 0.3) is 10.0 Å². The SMILES string of the molecule is CCOc1ccccc1N(CC(=O)NCc1ccc(N2CCCCC2)cc1)S(=O)(=O)c1ccc(SC)cc1. The van der Waals surface area contributed by atoms with Gasteiger partial charge in [0, 0.05) is 30.2 Å². The van der Waals surface area contributed by atoms with E-state index in [-0.39, 0.29) is 11.4 Å². The molecule has 1 N–H and O–H groups in total. The number of para-hydroxylation sites is 2. The Kier molecular flexibility index (Phi) is 9.58. The molecule has 1 aliphatic heterocycles. The lowest BCUT2D eigenvalue weighted by Crippen LogP contribution is -2.40. The van der Waals surface area contributed by atoms with Crippen molar-refractivity contribution in [3.05, 3.63) is 78.4 Å². The van der Waals surface area contributed by atoms with E-state index in [1.807, 2.05) is 25.3 Å². The van der Waals surface area contributed by atoms with E-state index >= 15 is 0 Å². The largest absolute Gasteiger partial charge is 0.492 e. The molecule has 1 amide bonds. The third kappa shape index (κ3) is 6.82. The zero-order valence-corrected chi connectivity index (χ0v) is 23.6. The average Bonchev–Trinajstić information content (AvgIpc) is 2.96. The predicted octanol–water partition coefficient (Wildman–Crippen LogP) is 5.31. The number of amides is 1. The molecule has 1 aliphatic rings. The van der Waals surface area contributed by atoms with Gasteiger partial charge < -0.3 is 15.0 Å². The van der Waals surface area contributed by atoms with Gasteiger partial charge in [-0.3, -0.25) is 9.10 Å². The molecule has 1 fully saturated rings. The van der Waals surface area contributed by atoms with E-state index in [0.29, 0.717) is 24.6 Å². The molecule has 38 heavy (non-hydrogen) atoms. The summed E-state index contributed by atoms with van der Waals surface area (Å²) in [5, 5.41) is 2.89. The number of anilines is 2. The Morgan fingerprint density at radius 3 is 2.32 bits per heavy atom. The number of piperidine rings is 1. The summed E-state index contributed by atoms with van der Waals surface area (Å²) in [4.78, 5) is 16.5. The summed E-state index contributed by atoms with van der Waals surface area (Å²) in [5.74, 6) is 0.00104.